The summed E-state index contributed by atoms with van der Waals surface area (Å²) < 4.78 is 10.3. The Morgan fingerprint density at radius 1 is 1.31 bits per heavy atom. The first-order chi connectivity index (χ1) is 17.2. The highest BCUT2D eigenvalue weighted by atomic mass is 32.2. The molecule has 1 amide bonds. The standard InChI is InChI=1S/C27H34N2O6S/c1-19(28-4)34-25(32)13-12-21(9-8-14-27(3)15-16-27)17-24(29-18-30)36-26(33)22-10-6-5-7-11-23(22)35-20(2)31/h5,7,10-12,18,28H,1,6,8-9,13-17H2,2-4H3/b21-12-,29-24?. The SMILES string of the molecule is C=C(NC)OC(=O)C/C=C(/CCCC1(C)CC1)CC(=NC=O)SC(=O)C1=CCC=CC=C1OC(C)=O. The Morgan fingerprint density at radius 3 is 2.69 bits per heavy atom. The lowest BCUT2D eigenvalue weighted by atomic mass is 9.97. The van der Waals surface area contributed by atoms with Gasteiger partial charge in [-0.05, 0) is 68.4 Å². The van der Waals surface area contributed by atoms with Gasteiger partial charge in [-0.1, -0.05) is 36.8 Å². The topological polar surface area (TPSA) is 111 Å². The van der Waals surface area contributed by atoms with Gasteiger partial charge in [-0.2, -0.15) is 0 Å². The van der Waals surface area contributed by atoms with Crippen LogP contribution in [0.25, 0.3) is 0 Å². The van der Waals surface area contributed by atoms with Crippen LogP contribution in [0.2, 0.25) is 0 Å². The number of amides is 1. The van der Waals surface area contributed by atoms with Gasteiger partial charge in [0, 0.05) is 20.4 Å². The zero-order valence-electron chi connectivity index (χ0n) is 21.1. The van der Waals surface area contributed by atoms with Crippen molar-refractivity contribution >= 4 is 40.3 Å². The van der Waals surface area contributed by atoms with Crippen molar-refractivity contribution in [2.75, 3.05) is 7.05 Å². The molecule has 0 aromatic heterocycles. The molecule has 1 saturated carbocycles. The third-order valence-corrected chi connectivity index (χ3v) is 6.71. The minimum atomic E-state index is -0.538. The van der Waals surface area contributed by atoms with E-state index in [2.05, 4.69) is 23.8 Å². The maximum absolute atomic E-state index is 13.1. The quantitative estimate of drug-likeness (QED) is 0.0908. The molecule has 0 saturated heterocycles. The zero-order valence-corrected chi connectivity index (χ0v) is 21.9. The van der Waals surface area contributed by atoms with Crippen LogP contribution < -0.4 is 5.32 Å². The van der Waals surface area contributed by atoms with Gasteiger partial charge < -0.3 is 14.8 Å². The largest absolute Gasteiger partial charge is 0.426 e. The van der Waals surface area contributed by atoms with E-state index in [0.29, 0.717) is 29.7 Å². The number of rotatable bonds is 13. The summed E-state index contributed by atoms with van der Waals surface area (Å²) in [5.74, 6) is -0.695. The van der Waals surface area contributed by atoms with Crippen LogP contribution in [0.3, 0.4) is 0 Å². The number of allylic oxidation sites excluding steroid dienone is 6. The molecule has 2 rings (SSSR count). The first-order valence-electron chi connectivity index (χ1n) is 11.9. The Bertz CT molecular complexity index is 1030. The lowest BCUT2D eigenvalue weighted by Gasteiger charge is -2.13. The fraction of sp³-hybridized carbons (Fsp3) is 0.444. The maximum Gasteiger partial charge on any atom is 0.316 e. The number of thioether (sulfide) groups is 1. The predicted octanol–water partition coefficient (Wildman–Crippen LogP) is 5.05. The Balaban J connectivity index is 2.14. The van der Waals surface area contributed by atoms with Gasteiger partial charge in [-0.25, -0.2) is 4.99 Å². The molecule has 0 bridgehead atoms. The van der Waals surface area contributed by atoms with Crippen molar-refractivity contribution in [1.82, 2.24) is 5.32 Å². The number of hydrogen-bond donors (Lipinski definition) is 1. The first-order valence-corrected chi connectivity index (χ1v) is 12.7. The number of hydrogen-bond acceptors (Lipinski definition) is 8. The number of carbonyl (C=O) groups is 4. The minimum Gasteiger partial charge on any atom is -0.426 e. The highest BCUT2D eigenvalue weighted by molar-refractivity contribution is 8.26. The normalized spacial score (nSPS) is 16.8. The molecule has 2 aliphatic rings. The second kappa shape index (κ2) is 14.4. The van der Waals surface area contributed by atoms with Gasteiger partial charge in [0.05, 0.1) is 17.0 Å². The molecule has 9 heteroatoms. The Morgan fingerprint density at radius 2 is 2.06 bits per heavy atom. The van der Waals surface area contributed by atoms with Crippen molar-refractivity contribution in [2.45, 2.75) is 65.2 Å². The van der Waals surface area contributed by atoms with E-state index in [9.17, 15) is 19.2 Å². The van der Waals surface area contributed by atoms with Crippen LogP contribution in [0.4, 0.5) is 0 Å². The molecule has 0 atom stereocenters. The molecule has 1 fully saturated rings. The number of nitrogens with zero attached hydrogens (tertiary/aromatic N) is 1. The maximum atomic E-state index is 13.1. The van der Waals surface area contributed by atoms with E-state index in [0.717, 1.165) is 30.2 Å². The zero-order chi connectivity index (χ0) is 26.6. The summed E-state index contributed by atoms with van der Waals surface area (Å²) in [5, 5.41) is 2.57. The van der Waals surface area contributed by atoms with Gasteiger partial charge in [0.2, 0.25) is 11.5 Å². The van der Waals surface area contributed by atoms with E-state index in [1.807, 2.05) is 6.08 Å². The number of aliphatic imine (C=N–C) groups is 1. The summed E-state index contributed by atoms with van der Waals surface area (Å²) in [5.41, 5.74) is 1.51. The molecule has 0 heterocycles. The molecule has 36 heavy (non-hydrogen) atoms. The van der Waals surface area contributed by atoms with Crippen LogP contribution in [0.1, 0.15) is 65.2 Å². The van der Waals surface area contributed by atoms with E-state index in [1.54, 1.807) is 31.4 Å². The van der Waals surface area contributed by atoms with Crippen LogP contribution >= 0.6 is 11.8 Å². The van der Waals surface area contributed by atoms with E-state index in [4.69, 9.17) is 9.47 Å². The van der Waals surface area contributed by atoms with Crippen LogP contribution in [-0.4, -0.2) is 35.6 Å². The number of carbonyl (C=O) groups excluding carboxylic acids is 4. The molecule has 0 aromatic carbocycles. The molecule has 0 aliphatic heterocycles. The van der Waals surface area contributed by atoms with Gasteiger partial charge in [-0.3, -0.25) is 19.2 Å². The third kappa shape index (κ3) is 10.6. The van der Waals surface area contributed by atoms with Crippen molar-refractivity contribution < 1.29 is 28.7 Å². The van der Waals surface area contributed by atoms with Crippen LogP contribution in [0.5, 0.6) is 0 Å². The van der Waals surface area contributed by atoms with E-state index in [1.165, 1.54) is 19.8 Å². The van der Waals surface area contributed by atoms with Crippen molar-refractivity contribution in [2.24, 2.45) is 10.4 Å². The smallest absolute Gasteiger partial charge is 0.316 e. The summed E-state index contributed by atoms with van der Waals surface area (Å²) in [4.78, 5) is 51.9. The average Bonchev–Trinajstić information content (AvgIpc) is 3.59. The van der Waals surface area contributed by atoms with Crippen molar-refractivity contribution in [3.63, 3.8) is 0 Å². The Labute approximate surface area is 216 Å². The monoisotopic (exact) mass is 514 g/mol. The number of nitrogens with one attached hydrogen (secondary N) is 1. The summed E-state index contributed by atoms with van der Waals surface area (Å²) >= 11 is 0.815. The van der Waals surface area contributed by atoms with E-state index >= 15 is 0 Å². The number of ether oxygens (including phenoxy) is 2. The van der Waals surface area contributed by atoms with Crippen molar-refractivity contribution in [3.05, 3.63) is 59.7 Å². The molecule has 0 aromatic rings. The third-order valence-electron chi connectivity index (χ3n) is 5.82. The highest BCUT2D eigenvalue weighted by Crippen LogP contribution is 2.49. The van der Waals surface area contributed by atoms with Gasteiger partial charge in [0.25, 0.3) is 0 Å². The van der Waals surface area contributed by atoms with Crippen LogP contribution in [0.15, 0.2) is 64.7 Å². The fourth-order valence-corrected chi connectivity index (χ4v) is 4.35. The molecule has 1 N–H and O–H groups in total. The minimum absolute atomic E-state index is 0.0242. The lowest BCUT2D eigenvalue weighted by molar-refractivity contribution is -0.139. The molecular weight excluding hydrogens is 480 g/mol. The second-order valence-electron chi connectivity index (χ2n) is 8.98. The van der Waals surface area contributed by atoms with Gasteiger partial charge in [0.1, 0.15) is 5.76 Å². The molecular formula is C27H34N2O6S. The molecule has 194 valence electrons. The summed E-state index contributed by atoms with van der Waals surface area (Å²) in [7, 11) is 1.60. The molecule has 0 unspecified atom stereocenters. The van der Waals surface area contributed by atoms with E-state index in [-0.39, 0.29) is 35.2 Å². The van der Waals surface area contributed by atoms with Crippen molar-refractivity contribution in [1.29, 1.82) is 0 Å². The summed E-state index contributed by atoms with van der Waals surface area (Å²) in [6, 6.07) is 0. The Kier molecular flexibility index (Phi) is 11.6. The second-order valence-corrected chi connectivity index (χ2v) is 10.0. The molecule has 2 aliphatic carbocycles. The Hall–Kier alpha value is -3.20. The molecule has 0 spiro atoms. The summed E-state index contributed by atoms with van der Waals surface area (Å²) in [6.45, 7) is 7.11. The first kappa shape index (κ1) is 29.0. The van der Waals surface area contributed by atoms with E-state index < -0.39 is 11.9 Å². The average molecular weight is 515 g/mol. The predicted molar refractivity (Wildman–Crippen MR) is 141 cm³/mol. The fourth-order valence-electron chi connectivity index (χ4n) is 3.49. The molecule has 0 radical (unpaired) electrons. The van der Waals surface area contributed by atoms with Gasteiger partial charge >= 0.3 is 11.9 Å². The summed E-state index contributed by atoms with van der Waals surface area (Å²) in [6.07, 6.45) is 14.8. The van der Waals surface area contributed by atoms with Crippen LogP contribution in [-0.2, 0) is 28.7 Å². The van der Waals surface area contributed by atoms with Gasteiger partial charge in [0.15, 0.2) is 5.88 Å². The highest BCUT2D eigenvalue weighted by Gasteiger charge is 2.36. The number of esters is 2. The lowest BCUT2D eigenvalue weighted by Crippen LogP contribution is -2.13. The van der Waals surface area contributed by atoms with Gasteiger partial charge in [-0.15, -0.1) is 0 Å². The van der Waals surface area contributed by atoms with Crippen molar-refractivity contribution in [3.8, 4) is 0 Å². The molecule has 8 nitrogen and oxygen atoms in total. The van der Waals surface area contributed by atoms with Crippen LogP contribution in [0, 0.1) is 5.41 Å².